The van der Waals surface area contributed by atoms with Gasteiger partial charge in [0.05, 0.1) is 10.7 Å². The molecule has 1 aromatic rings. The summed E-state index contributed by atoms with van der Waals surface area (Å²) in [4.78, 5) is 16.4. The molecule has 6 nitrogen and oxygen atoms in total. The van der Waals surface area contributed by atoms with E-state index < -0.39 is 0 Å². The number of carbonyl (C=O) groups is 1. The average molecular weight is 355 g/mol. The molecule has 0 unspecified atom stereocenters. The van der Waals surface area contributed by atoms with Crippen molar-refractivity contribution in [3.8, 4) is 0 Å². The molecule has 1 rings (SSSR count). The second kappa shape index (κ2) is 11.7. The average Bonchev–Trinajstić information content (AvgIpc) is 2.54. The Balaban J connectivity index is 2.38. The van der Waals surface area contributed by atoms with Gasteiger partial charge < -0.3 is 20.7 Å². The van der Waals surface area contributed by atoms with Crippen molar-refractivity contribution >= 4 is 29.2 Å². The number of carbonyl (C=O) groups excluding carboxylic acids is 1. The fourth-order valence-electron chi connectivity index (χ4n) is 1.97. The number of aliphatic imine (C=N–C) groups is 1. The van der Waals surface area contributed by atoms with E-state index in [2.05, 4.69) is 20.9 Å². The number of guanidine groups is 1. The Kier molecular flexibility index (Phi) is 9.88. The van der Waals surface area contributed by atoms with Crippen molar-refractivity contribution in [2.75, 3.05) is 38.7 Å². The van der Waals surface area contributed by atoms with Crippen molar-refractivity contribution in [2.24, 2.45) is 4.99 Å². The van der Waals surface area contributed by atoms with Crippen LogP contribution < -0.4 is 16.0 Å². The van der Waals surface area contributed by atoms with Crippen molar-refractivity contribution in [1.82, 2.24) is 10.6 Å². The lowest BCUT2D eigenvalue weighted by molar-refractivity contribution is -0.116. The lowest BCUT2D eigenvalue weighted by atomic mass is 10.2. The number of hydrogen-bond acceptors (Lipinski definition) is 3. The number of benzene rings is 1. The van der Waals surface area contributed by atoms with Crippen molar-refractivity contribution < 1.29 is 9.53 Å². The van der Waals surface area contributed by atoms with Crippen molar-refractivity contribution in [1.29, 1.82) is 0 Å². The largest absolute Gasteiger partial charge is 0.385 e. The molecule has 0 aromatic heterocycles. The van der Waals surface area contributed by atoms with Crippen LogP contribution >= 0.6 is 11.6 Å². The summed E-state index contributed by atoms with van der Waals surface area (Å²) in [5.41, 5.74) is 1.69. The number of anilines is 1. The van der Waals surface area contributed by atoms with Crippen molar-refractivity contribution in [3.63, 3.8) is 0 Å². The molecule has 1 aromatic carbocycles. The van der Waals surface area contributed by atoms with Crippen LogP contribution in [-0.2, 0) is 9.53 Å². The standard InChI is InChI=1S/C17H27ClN4O2/c1-4-19-17(20-9-5-11-24-3)21-10-8-16(23)22-15-7-6-13(2)12-14(15)18/h6-7,12H,4-5,8-11H2,1-3H3,(H,22,23)(H2,19,20,21). The fourth-order valence-corrected chi connectivity index (χ4v) is 2.25. The second-order valence-corrected chi connectivity index (χ2v) is 5.72. The molecule has 0 heterocycles. The molecule has 0 aliphatic carbocycles. The first-order chi connectivity index (χ1) is 11.6. The molecule has 0 aliphatic heterocycles. The molecule has 0 spiro atoms. The summed E-state index contributed by atoms with van der Waals surface area (Å²) in [6, 6.07) is 5.55. The highest BCUT2D eigenvalue weighted by molar-refractivity contribution is 6.33. The number of nitrogens with zero attached hydrogens (tertiary/aromatic N) is 1. The van der Waals surface area contributed by atoms with Gasteiger partial charge in [0, 0.05) is 39.8 Å². The molecular formula is C17H27ClN4O2. The predicted molar refractivity (Wildman–Crippen MR) is 99.9 cm³/mol. The zero-order valence-electron chi connectivity index (χ0n) is 14.6. The Labute approximate surface area is 149 Å². The lowest BCUT2D eigenvalue weighted by Crippen LogP contribution is -2.38. The summed E-state index contributed by atoms with van der Waals surface area (Å²) in [7, 11) is 1.67. The first-order valence-corrected chi connectivity index (χ1v) is 8.51. The molecule has 0 bridgehead atoms. The molecule has 0 atom stereocenters. The minimum Gasteiger partial charge on any atom is -0.385 e. The van der Waals surface area contributed by atoms with Gasteiger partial charge in [0.15, 0.2) is 5.96 Å². The molecular weight excluding hydrogens is 328 g/mol. The van der Waals surface area contributed by atoms with Crippen LogP contribution in [0.2, 0.25) is 5.02 Å². The number of halogens is 1. The second-order valence-electron chi connectivity index (χ2n) is 5.32. The number of rotatable bonds is 9. The van der Waals surface area contributed by atoms with Gasteiger partial charge in [-0.1, -0.05) is 17.7 Å². The monoisotopic (exact) mass is 354 g/mol. The van der Waals surface area contributed by atoms with Gasteiger partial charge in [-0.3, -0.25) is 9.79 Å². The van der Waals surface area contributed by atoms with Crippen LogP contribution in [0, 0.1) is 6.92 Å². The molecule has 0 saturated heterocycles. The number of amides is 1. The Morgan fingerprint density at radius 1 is 1.33 bits per heavy atom. The summed E-state index contributed by atoms with van der Waals surface area (Å²) in [6.07, 6.45) is 1.19. The van der Waals surface area contributed by atoms with Crippen LogP contribution in [0.3, 0.4) is 0 Å². The van der Waals surface area contributed by atoms with Gasteiger partial charge in [-0.15, -0.1) is 0 Å². The molecule has 0 saturated carbocycles. The molecule has 134 valence electrons. The summed E-state index contributed by atoms with van der Waals surface area (Å²) in [5, 5.41) is 9.65. The van der Waals surface area contributed by atoms with E-state index in [1.807, 2.05) is 32.0 Å². The SMILES string of the molecule is CCNC(=NCCCOC)NCCC(=O)Nc1ccc(C)cc1Cl. The van der Waals surface area contributed by atoms with Crippen LogP contribution in [0.15, 0.2) is 23.2 Å². The minimum absolute atomic E-state index is 0.0940. The highest BCUT2D eigenvalue weighted by atomic mass is 35.5. The third kappa shape index (κ3) is 8.17. The van der Waals surface area contributed by atoms with Crippen LogP contribution in [0.1, 0.15) is 25.3 Å². The van der Waals surface area contributed by atoms with Crippen LogP contribution in [0.5, 0.6) is 0 Å². The van der Waals surface area contributed by atoms with Gasteiger partial charge in [0.2, 0.25) is 5.91 Å². The van der Waals surface area contributed by atoms with Gasteiger partial charge in [0.1, 0.15) is 0 Å². The number of aryl methyl sites for hydroxylation is 1. The quantitative estimate of drug-likeness (QED) is 0.362. The summed E-state index contributed by atoms with van der Waals surface area (Å²) >= 11 is 6.11. The van der Waals surface area contributed by atoms with E-state index in [-0.39, 0.29) is 5.91 Å². The fraction of sp³-hybridized carbons (Fsp3) is 0.529. The first kappa shape index (κ1) is 20.3. The molecule has 0 aliphatic rings. The topological polar surface area (TPSA) is 74.8 Å². The maximum Gasteiger partial charge on any atom is 0.226 e. The van der Waals surface area contributed by atoms with Crippen molar-refractivity contribution in [3.05, 3.63) is 28.8 Å². The van der Waals surface area contributed by atoms with E-state index in [0.29, 0.717) is 42.8 Å². The Morgan fingerprint density at radius 2 is 2.12 bits per heavy atom. The summed E-state index contributed by atoms with van der Waals surface area (Å²) < 4.78 is 5.00. The van der Waals surface area contributed by atoms with Gasteiger partial charge in [-0.2, -0.15) is 0 Å². The highest BCUT2D eigenvalue weighted by Gasteiger charge is 2.06. The summed E-state index contributed by atoms with van der Waals surface area (Å²) in [5.74, 6) is 0.609. The summed E-state index contributed by atoms with van der Waals surface area (Å²) in [6.45, 7) is 6.57. The van der Waals surface area contributed by atoms with E-state index in [0.717, 1.165) is 18.5 Å². The zero-order chi connectivity index (χ0) is 17.8. The number of methoxy groups -OCH3 is 1. The minimum atomic E-state index is -0.0940. The Bertz CT molecular complexity index is 549. The first-order valence-electron chi connectivity index (χ1n) is 8.14. The maximum atomic E-state index is 12.0. The lowest BCUT2D eigenvalue weighted by Gasteiger charge is -2.12. The Morgan fingerprint density at radius 3 is 2.79 bits per heavy atom. The van der Waals surface area contributed by atoms with E-state index >= 15 is 0 Å². The van der Waals surface area contributed by atoms with Crippen LogP contribution in [0.4, 0.5) is 5.69 Å². The van der Waals surface area contributed by atoms with Crippen molar-refractivity contribution in [2.45, 2.75) is 26.7 Å². The molecule has 24 heavy (non-hydrogen) atoms. The molecule has 3 N–H and O–H groups in total. The third-order valence-electron chi connectivity index (χ3n) is 3.16. The normalized spacial score (nSPS) is 11.2. The third-order valence-corrected chi connectivity index (χ3v) is 3.48. The molecule has 0 radical (unpaired) electrons. The number of nitrogens with one attached hydrogen (secondary N) is 3. The van der Waals surface area contributed by atoms with Crippen LogP contribution in [0.25, 0.3) is 0 Å². The van der Waals surface area contributed by atoms with E-state index in [1.165, 1.54) is 0 Å². The molecule has 0 fully saturated rings. The van der Waals surface area contributed by atoms with E-state index in [1.54, 1.807) is 7.11 Å². The van der Waals surface area contributed by atoms with Gasteiger partial charge in [-0.25, -0.2) is 0 Å². The highest BCUT2D eigenvalue weighted by Crippen LogP contribution is 2.22. The van der Waals surface area contributed by atoms with E-state index in [9.17, 15) is 4.79 Å². The van der Waals surface area contributed by atoms with E-state index in [4.69, 9.17) is 16.3 Å². The van der Waals surface area contributed by atoms with Gasteiger partial charge in [0.25, 0.3) is 0 Å². The maximum absolute atomic E-state index is 12.0. The Hall–Kier alpha value is -1.79. The van der Waals surface area contributed by atoms with Gasteiger partial charge >= 0.3 is 0 Å². The predicted octanol–water partition coefficient (Wildman–Crippen LogP) is 2.57. The number of hydrogen-bond donors (Lipinski definition) is 3. The number of ether oxygens (including phenoxy) is 1. The van der Waals surface area contributed by atoms with Crippen LogP contribution in [-0.4, -0.2) is 45.2 Å². The molecule has 7 heteroatoms. The van der Waals surface area contributed by atoms with Gasteiger partial charge in [-0.05, 0) is 38.0 Å². The smallest absolute Gasteiger partial charge is 0.226 e. The zero-order valence-corrected chi connectivity index (χ0v) is 15.4. The molecule has 1 amide bonds.